The maximum Gasteiger partial charge on any atom is 0.256 e. The van der Waals surface area contributed by atoms with Crippen LogP contribution in [-0.2, 0) is 9.16 Å². The number of anilines is 1. The second kappa shape index (κ2) is 9.65. The van der Waals surface area contributed by atoms with E-state index in [-0.39, 0.29) is 17.0 Å². The Morgan fingerprint density at radius 2 is 1.94 bits per heavy atom. The number of rotatable bonds is 6. The summed E-state index contributed by atoms with van der Waals surface area (Å²) in [6.45, 7) is 10.9. The molecule has 3 heterocycles. The van der Waals surface area contributed by atoms with E-state index in [1.54, 1.807) is 16.6 Å². The van der Waals surface area contributed by atoms with E-state index >= 15 is 0 Å². The van der Waals surface area contributed by atoms with Crippen molar-refractivity contribution < 1.29 is 19.1 Å². The zero-order valence-electron chi connectivity index (χ0n) is 20.0. The van der Waals surface area contributed by atoms with Crippen LogP contribution in [-0.4, -0.2) is 56.7 Å². The van der Waals surface area contributed by atoms with Gasteiger partial charge >= 0.3 is 0 Å². The Morgan fingerprint density at radius 1 is 1.24 bits per heavy atom. The number of aliphatic hydroxyl groups is 1. The number of aliphatic hydroxyl groups excluding tert-OH is 1. The Kier molecular flexibility index (Phi) is 7.16. The molecule has 0 spiro atoms. The van der Waals surface area contributed by atoms with E-state index in [2.05, 4.69) is 71.9 Å². The number of benzene rings is 1. The lowest BCUT2D eigenvalue weighted by Gasteiger charge is -2.40. The average molecular weight is 595 g/mol. The van der Waals surface area contributed by atoms with Gasteiger partial charge in [-0.05, 0) is 42.4 Å². The molecule has 1 aromatic carbocycles. The van der Waals surface area contributed by atoms with Gasteiger partial charge in [-0.15, -0.1) is 0 Å². The second-order valence-corrected chi connectivity index (χ2v) is 15.7. The molecule has 0 radical (unpaired) electrons. The van der Waals surface area contributed by atoms with Gasteiger partial charge in [0.1, 0.15) is 30.2 Å². The lowest BCUT2D eigenvalue weighted by molar-refractivity contribution is 0.0174. The van der Waals surface area contributed by atoms with Gasteiger partial charge in [0.25, 0.3) is 5.91 Å². The van der Waals surface area contributed by atoms with Crippen molar-refractivity contribution in [1.82, 2.24) is 14.6 Å². The molecule has 2 N–H and O–H groups in total. The number of hydrogen-bond acceptors (Lipinski definition) is 6. The summed E-state index contributed by atoms with van der Waals surface area (Å²) < 4.78 is 15.3. The van der Waals surface area contributed by atoms with Crippen LogP contribution in [0, 0.1) is 0 Å². The van der Waals surface area contributed by atoms with Crippen LogP contribution in [0.3, 0.4) is 0 Å². The Bertz CT molecular complexity index is 1160. The molecule has 1 amide bonds. The summed E-state index contributed by atoms with van der Waals surface area (Å²) in [5.74, 6) is 0.154. The molecule has 2 aromatic heterocycles. The third-order valence-electron chi connectivity index (χ3n) is 6.77. The minimum absolute atomic E-state index is 0.0159. The van der Waals surface area contributed by atoms with Gasteiger partial charge in [-0.25, -0.2) is 9.50 Å². The number of aromatic nitrogens is 3. The lowest BCUT2D eigenvalue weighted by Crippen LogP contribution is -2.48. The average Bonchev–Trinajstić information content (AvgIpc) is 3.35. The molecule has 182 valence electrons. The van der Waals surface area contributed by atoms with Crippen LogP contribution < -0.4 is 5.32 Å². The standard InChI is InChI=1S/C24H31IN4O4Si/c1-24(2,3)34(4,5)33-21-19(30)18(13-25)32-20(21)16-11-12-17-22(26-14-27-29(16)17)28-23(31)15-9-7-6-8-10-15/h6-12,14,18-21,30H,13H2,1-5H3,(H,26,27,28,31)/t18-,19-,20+,21-/m1/s1. The quantitative estimate of drug-likeness (QED) is 0.246. The van der Waals surface area contributed by atoms with Gasteiger partial charge in [0.2, 0.25) is 0 Å². The van der Waals surface area contributed by atoms with E-state index in [0.29, 0.717) is 21.3 Å². The smallest absolute Gasteiger partial charge is 0.256 e. The molecule has 1 saturated heterocycles. The summed E-state index contributed by atoms with van der Waals surface area (Å²) in [7, 11) is -2.19. The molecule has 4 rings (SSSR count). The maximum atomic E-state index is 12.7. The van der Waals surface area contributed by atoms with Crippen molar-refractivity contribution in [2.24, 2.45) is 0 Å². The number of halogens is 1. The van der Waals surface area contributed by atoms with E-state index in [0.717, 1.165) is 5.69 Å². The number of alkyl halides is 1. The van der Waals surface area contributed by atoms with E-state index in [1.165, 1.54) is 6.33 Å². The second-order valence-electron chi connectivity index (χ2n) is 10.1. The van der Waals surface area contributed by atoms with E-state index in [1.807, 2.05) is 30.3 Å². The number of amides is 1. The van der Waals surface area contributed by atoms with Crippen molar-refractivity contribution in [2.75, 3.05) is 9.74 Å². The molecule has 8 nitrogen and oxygen atoms in total. The maximum absolute atomic E-state index is 12.7. The minimum Gasteiger partial charge on any atom is -0.408 e. The van der Waals surface area contributed by atoms with Crippen molar-refractivity contribution in [3.05, 3.63) is 60.0 Å². The summed E-state index contributed by atoms with van der Waals surface area (Å²) in [6, 6.07) is 12.7. The predicted octanol–water partition coefficient (Wildman–Crippen LogP) is 4.61. The number of ether oxygens (including phenoxy) is 1. The topological polar surface area (TPSA) is 98.0 Å². The Balaban J connectivity index is 1.68. The number of carbonyl (C=O) groups excluding carboxylic acids is 1. The van der Waals surface area contributed by atoms with Crippen LogP contribution in [0.25, 0.3) is 5.52 Å². The van der Waals surface area contributed by atoms with Crippen LogP contribution in [0.1, 0.15) is 42.9 Å². The van der Waals surface area contributed by atoms with E-state index in [9.17, 15) is 9.90 Å². The van der Waals surface area contributed by atoms with Gasteiger partial charge in [0, 0.05) is 9.99 Å². The fraction of sp³-hybridized carbons (Fsp3) is 0.458. The van der Waals surface area contributed by atoms with Crippen LogP contribution in [0.5, 0.6) is 0 Å². The van der Waals surface area contributed by atoms with Crippen LogP contribution in [0.2, 0.25) is 18.1 Å². The molecule has 34 heavy (non-hydrogen) atoms. The first kappa shape index (κ1) is 25.2. The summed E-state index contributed by atoms with van der Waals surface area (Å²) in [5, 5.41) is 18.4. The Labute approximate surface area is 214 Å². The third kappa shape index (κ3) is 4.78. The monoisotopic (exact) mass is 594 g/mol. The zero-order valence-corrected chi connectivity index (χ0v) is 23.2. The molecule has 4 atom stereocenters. The van der Waals surface area contributed by atoms with Crippen LogP contribution >= 0.6 is 22.6 Å². The minimum atomic E-state index is -2.19. The van der Waals surface area contributed by atoms with Gasteiger partial charge in [0.15, 0.2) is 14.1 Å². The van der Waals surface area contributed by atoms with Gasteiger partial charge in [0.05, 0.1) is 11.8 Å². The highest BCUT2D eigenvalue weighted by atomic mass is 127. The van der Waals surface area contributed by atoms with Gasteiger partial charge in [-0.3, -0.25) is 4.79 Å². The molecule has 1 aliphatic heterocycles. The van der Waals surface area contributed by atoms with Crippen molar-refractivity contribution in [2.45, 2.75) is 63.3 Å². The number of hydrogen-bond donors (Lipinski definition) is 2. The van der Waals surface area contributed by atoms with Crippen molar-refractivity contribution in [3.63, 3.8) is 0 Å². The van der Waals surface area contributed by atoms with Crippen molar-refractivity contribution >= 4 is 48.2 Å². The fourth-order valence-corrected chi connectivity index (χ4v) is 5.81. The van der Waals surface area contributed by atoms with Gasteiger partial charge < -0.3 is 19.6 Å². The molecule has 0 saturated carbocycles. The summed E-state index contributed by atoms with van der Waals surface area (Å²) in [5.41, 5.74) is 1.94. The molecule has 3 aromatic rings. The first-order valence-corrected chi connectivity index (χ1v) is 15.7. The molecule has 1 aliphatic rings. The van der Waals surface area contributed by atoms with E-state index in [4.69, 9.17) is 9.16 Å². The molecule has 0 aliphatic carbocycles. The summed E-state index contributed by atoms with van der Waals surface area (Å²) in [6.07, 6.45) is -0.706. The SMILES string of the molecule is CC(C)(C)[Si](C)(C)O[C@@H]1[C@H](O)[C@@H](CI)O[C@H]1c1ccc2c(NC(=O)c3ccccc3)ncnn12. The van der Waals surface area contributed by atoms with Crippen LogP contribution in [0.4, 0.5) is 5.82 Å². The first-order valence-electron chi connectivity index (χ1n) is 11.3. The molecular formula is C24H31IN4O4Si. The number of nitrogens with one attached hydrogen (secondary N) is 1. The molecule has 0 unspecified atom stereocenters. The highest BCUT2D eigenvalue weighted by molar-refractivity contribution is 14.1. The zero-order chi connectivity index (χ0) is 24.7. The van der Waals surface area contributed by atoms with Gasteiger partial charge in [-0.1, -0.05) is 61.6 Å². The van der Waals surface area contributed by atoms with Crippen LogP contribution in [0.15, 0.2) is 48.8 Å². The molecule has 1 fully saturated rings. The number of carbonyl (C=O) groups is 1. The van der Waals surface area contributed by atoms with Gasteiger partial charge in [-0.2, -0.15) is 5.10 Å². The third-order valence-corrected chi connectivity index (χ3v) is 12.1. The van der Waals surface area contributed by atoms with E-state index < -0.39 is 26.6 Å². The number of nitrogens with zero attached hydrogens (tertiary/aromatic N) is 3. The lowest BCUT2D eigenvalue weighted by atomic mass is 10.1. The summed E-state index contributed by atoms with van der Waals surface area (Å²) >= 11 is 2.23. The number of fused-ring (bicyclic) bond motifs is 1. The predicted molar refractivity (Wildman–Crippen MR) is 142 cm³/mol. The van der Waals surface area contributed by atoms with Crippen molar-refractivity contribution in [3.8, 4) is 0 Å². The fourth-order valence-electron chi connectivity index (χ4n) is 3.79. The molecule has 10 heteroatoms. The molecular weight excluding hydrogens is 563 g/mol. The molecule has 0 bridgehead atoms. The van der Waals surface area contributed by atoms with Crippen molar-refractivity contribution in [1.29, 1.82) is 0 Å². The Morgan fingerprint density at radius 3 is 2.59 bits per heavy atom. The normalized spacial score (nSPS) is 23.4. The largest absolute Gasteiger partial charge is 0.408 e. The Hall–Kier alpha value is -1.86. The highest BCUT2D eigenvalue weighted by Gasteiger charge is 2.50. The highest BCUT2D eigenvalue weighted by Crippen LogP contribution is 2.43. The summed E-state index contributed by atoms with van der Waals surface area (Å²) in [4.78, 5) is 17.0. The first-order chi connectivity index (χ1) is 16.0.